The minimum absolute atomic E-state index is 0.671. The summed E-state index contributed by atoms with van der Waals surface area (Å²) in [4.78, 5) is 2.47. The minimum Gasteiger partial charge on any atom is -0.497 e. The topological polar surface area (TPSA) is 24.5 Å². The molecule has 0 saturated carbocycles. The van der Waals surface area contributed by atoms with Gasteiger partial charge in [-0.2, -0.15) is 0 Å². The van der Waals surface area contributed by atoms with Crippen LogP contribution in [0.3, 0.4) is 0 Å². The molecule has 0 bridgehead atoms. The molecule has 2 unspecified atom stereocenters. The highest BCUT2D eigenvalue weighted by Gasteiger charge is 2.25. The third-order valence-electron chi connectivity index (χ3n) is 3.81. The van der Waals surface area contributed by atoms with Gasteiger partial charge in [0, 0.05) is 24.8 Å². The average molecular weight is 248 g/mol. The summed E-state index contributed by atoms with van der Waals surface area (Å²) in [6.07, 6.45) is 1.22. The van der Waals surface area contributed by atoms with Crippen molar-refractivity contribution >= 4 is 5.69 Å². The predicted octanol–water partition coefficient (Wildman–Crippen LogP) is 2.52. The Labute approximate surface area is 110 Å². The van der Waals surface area contributed by atoms with Crippen LogP contribution < -0.4 is 15.0 Å². The first-order valence-corrected chi connectivity index (χ1v) is 6.87. The number of rotatable bonds is 4. The molecule has 0 amide bonds. The lowest BCUT2D eigenvalue weighted by Gasteiger charge is -2.38. The van der Waals surface area contributed by atoms with Gasteiger partial charge in [0.1, 0.15) is 5.75 Å². The van der Waals surface area contributed by atoms with Gasteiger partial charge in [0.25, 0.3) is 0 Å². The molecular weight excluding hydrogens is 224 g/mol. The Morgan fingerprint density at radius 1 is 1.33 bits per heavy atom. The highest BCUT2D eigenvalue weighted by molar-refractivity contribution is 5.49. The largest absolute Gasteiger partial charge is 0.497 e. The Bertz CT molecular complexity index is 363. The molecule has 1 saturated heterocycles. The lowest BCUT2D eigenvalue weighted by atomic mass is 9.93. The molecule has 1 N–H and O–H groups in total. The lowest BCUT2D eigenvalue weighted by Crippen LogP contribution is -2.48. The number of piperidine rings is 1. The Hall–Kier alpha value is -1.22. The van der Waals surface area contributed by atoms with Crippen molar-refractivity contribution in [2.45, 2.75) is 26.3 Å². The van der Waals surface area contributed by atoms with E-state index in [2.05, 4.69) is 36.2 Å². The monoisotopic (exact) mass is 248 g/mol. The van der Waals surface area contributed by atoms with Gasteiger partial charge in [-0.1, -0.05) is 13.8 Å². The lowest BCUT2D eigenvalue weighted by molar-refractivity contribution is 0.327. The first-order chi connectivity index (χ1) is 8.74. The highest BCUT2D eigenvalue weighted by Crippen LogP contribution is 2.25. The molecule has 1 aliphatic heterocycles. The van der Waals surface area contributed by atoms with E-state index in [1.54, 1.807) is 7.11 Å². The van der Waals surface area contributed by atoms with Crippen molar-refractivity contribution < 1.29 is 4.74 Å². The van der Waals surface area contributed by atoms with E-state index < -0.39 is 0 Å². The van der Waals surface area contributed by atoms with Crippen LogP contribution in [-0.4, -0.2) is 32.8 Å². The van der Waals surface area contributed by atoms with Crippen LogP contribution in [0.5, 0.6) is 5.75 Å². The zero-order valence-electron chi connectivity index (χ0n) is 11.6. The van der Waals surface area contributed by atoms with Crippen molar-refractivity contribution in [2.75, 3.05) is 31.6 Å². The third kappa shape index (κ3) is 2.96. The molecule has 2 atom stereocenters. The number of nitrogens with zero attached hydrogens (tertiary/aromatic N) is 1. The first-order valence-electron chi connectivity index (χ1n) is 6.87. The molecule has 1 aliphatic rings. The molecule has 2 rings (SSSR count). The number of hydrogen-bond donors (Lipinski definition) is 1. The maximum Gasteiger partial charge on any atom is 0.119 e. The van der Waals surface area contributed by atoms with Gasteiger partial charge < -0.3 is 15.0 Å². The Balaban J connectivity index is 1.98. The Morgan fingerprint density at radius 3 is 2.61 bits per heavy atom. The van der Waals surface area contributed by atoms with E-state index >= 15 is 0 Å². The van der Waals surface area contributed by atoms with Gasteiger partial charge in [-0.15, -0.1) is 0 Å². The molecule has 0 radical (unpaired) electrons. The van der Waals surface area contributed by atoms with Crippen LogP contribution in [0.4, 0.5) is 5.69 Å². The van der Waals surface area contributed by atoms with Crippen molar-refractivity contribution in [1.82, 2.24) is 5.32 Å². The second-order valence-electron chi connectivity index (χ2n) is 5.07. The van der Waals surface area contributed by atoms with Gasteiger partial charge in [0.15, 0.2) is 0 Å². The summed E-state index contributed by atoms with van der Waals surface area (Å²) in [5.41, 5.74) is 1.30. The number of ether oxygens (including phenoxy) is 1. The molecule has 0 aliphatic carbocycles. The fourth-order valence-electron chi connectivity index (χ4n) is 2.74. The fraction of sp³-hybridized carbons (Fsp3) is 0.600. The Kier molecular flexibility index (Phi) is 4.48. The zero-order chi connectivity index (χ0) is 13.0. The van der Waals surface area contributed by atoms with Crippen LogP contribution in [0.15, 0.2) is 24.3 Å². The van der Waals surface area contributed by atoms with Crippen LogP contribution in [0.2, 0.25) is 0 Å². The van der Waals surface area contributed by atoms with Crippen LogP contribution in [-0.2, 0) is 0 Å². The van der Waals surface area contributed by atoms with Crippen molar-refractivity contribution in [3.63, 3.8) is 0 Å². The van der Waals surface area contributed by atoms with Crippen molar-refractivity contribution in [2.24, 2.45) is 5.92 Å². The summed E-state index contributed by atoms with van der Waals surface area (Å²) in [6, 6.07) is 9.05. The van der Waals surface area contributed by atoms with Gasteiger partial charge >= 0.3 is 0 Å². The molecule has 18 heavy (non-hydrogen) atoms. The van der Waals surface area contributed by atoms with Gasteiger partial charge in [0.05, 0.1) is 7.11 Å². The summed E-state index contributed by atoms with van der Waals surface area (Å²) in [5.74, 6) is 1.62. The molecule has 1 aromatic carbocycles. The quantitative estimate of drug-likeness (QED) is 0.886. The van der Waals surface area contributed by atoms with E-state index in [4.69, 9.17) is 4.74 Å². The van der Waals surface area contributed by atoms with E-state index in [0.29, 0.717) is 12.0 Å². The zero-order valence-corrected chi connectivity index (χ0v) is 11.6. The SMILES string of the molecule is CCNC1CCN(c2ccc(OC)cc2)CC1C. The maximum absolute atomic E-state index is 5.20. The molecule has 100 valence electrons. The van der Waals surface area contributed by atoms with Crippen molar-refractivity contribution in [1.29, 1.82) is 0 Å². The molecule has 3 heteroatoms. The number of anilines is 1. The first kappa shape index (κ1) is 13.2. The number of hydrogen-bond acceptors (Lipinski definition) is 3. The van der Waals surface area contributed by atoms with Gasteiger partial charge in [-0.3, -0.25) is 0 Å². The van der Waals surface area contributed by atoms with Crippen molar-refractivity contribution in [3.8, 4) is 5.75 Å². The summed E-state index contributed by atoms with van der Waals surface area (Å²) in [6.45, 7) is 7.85. The second-order valence-corrected chi connectivity index (χ2v) is 5.07. The summed E-state index contributed by atoms with van der Waals surface area (Å²) in [5, 5.41) is 3.58. The number of benzene rings is 1. The fourth-order valence-corrected chi connectivity index (χ4v) is 2.74. The number of methoxy groups -OCH3 is 1. The summed E-state index contributed by atoms with van der Waals surface area (Å²) < 4.78 is 5.20. The molecular formula is C15H24N2O. The third-order valence-corrected chi connectivity index (χ3v) is 3.81. The normalized spacial score (nSPS) is 24.1. The van der Waals surface area contributed by atoms with E-state index in [0.717, 1.165) is 25.4 Å². The molecule has 1 aromatic rings. The van der Waals surface area contributed by atoms with E-state index in [1.165, 1.54) is 12.1 Å². The van der Waals surface area contributed by atoms with Crippen LogP contribution >= 0.6 is 0 Å². The van der Waals surface area contributed by atoms with Crippen LogP contribution in [0.1, 0.15) is 20.3 Å². The highest BCUT2D eigenvalue weighted by atomic mass is 16.5. The molecule has 0 spiro atoms. The van der Waals surface area contributed by atoms with E-state index in [1.807, 2.05) is 12.1 Å². The standard InChI is InChI=1S/C15H24N2O/c1-4-16-15-9-10-17(11-12(15)2)13-5-7-14(18-3)8-6-13/h5-8,12,15-16H,4,9-11H2,1-3H3. The smallest absolute Gasteiger partial charge is 0.119 e. The minimum atomic E-state index is 0.671. The average Bonchev–Trinajstić information content (AvgIpc) is 2.41. The summed E-state index contributed by atoms with van der Waals surface area (Å²) >= 11 is 0. The van der Waals surface area contributed by atoms with E-state index in [-0.39, 0.29) is 0 Å². The predicted molar refractivity (Wildman–Crippen MR) is 76.5 cm³/mol. The molecule has 1 fully saturated rings. The van der Waals surface area contributed by atoms with Crippen molar-refractivity contribution in [3.05, 3.63) is 24.3 Å². The maximum atomic E-state index is 5.20. The van der Waals surface area contributed by atoms with Crippen LogP contribution in [0, 0.1) is 5.92 Å². The second kappa shape index (κ2) is 6.10. The Morgan fingerprint density at radius 2 is 2.06 bits per heavy atom. The number of nitrogens with one attached hydrogen (secondary N) is 1. The molecule has 0 aromatic heterocycles. The molecule has 3 nitrogen and oxygen atoms in total. The van der Waals surface area contributed by atoms with Gasteiger partial charge in [-0.25, -0.2) is 0 Å². The summed E-state index contributed by atoms with van der Waals surface area (Å²) in [7, 11) is 1.71. The van der Waals surface area contributed by atoms with Crippen LogP contribution in [0.25, 0.3) is 0 Å². The molecule has 1 heterocycles. The van der Waals surface area contributed by atoms with E-state index in [9.17, 15) is 0 Å². The van der Waals surface area contributed by atoms with Gasteiger partial charge in [0.2, 0.25) is 0 Å². The van der Waals surface area contributed by atoms with Gasteiger partial charge in [-0.05, 0) is 43.1 Å².